The number of carbonyl (C=O) groups is 2. The van der Waals surface area contributed by atoms with Crippen molar-refractivity contribution in [1.82, 2.24) is 4.90 Å². The maximum atomic E-state index is 12.1. The Morgan fingerprint density at radius 2 is 1.85 bits per heavy atom. The molecule has 2 rings (SSSR count). The number of piperidine rings is 1. The molecule has 0 spiro atoms. The third-order valence-electron chi connectivity index (χ3n) is 3.43. The first kappa shape index (κ1) is 15.2. The molecule has 2 N–H and O–H groups in total. The molecule has 1 aromatic carbocycles. The van der Waals surface area contributed by atoms with Crippen molar-refractivity contribution in [1.29, 1.82) is 0 Å². The van der Waals surface area contributed by atoms with E-state index in [4.69, 9.17) is 17.3 Å². The lowest BCUT2D eigenvalue weighted by Gasteiger charge is -2.30. The summed E-state index contributed by atoms with van der Waals surface area (Å²) in [5, 5.41) is 0.689. The van der Waals surface area contributed by atoms with Crippen LogP contribution in [0.5, 0.6) is 0 Å². The average molecular weight is 313 g/mol. The molecular weight excluding hydrogens is 296 g/mol. The Labute approximate surface area is 127 Å². The van der Waals surface area contributed by atoms with Crippen molar-refractivity contribution in [2.75, 3.05) is 18.8 Å². The summed E-state index contributed by atoms with van der Waals surface area (Å²) in [5.41, 5.74) is 5.28. The van der Waals surface area contributed by atoms with Gasteiger partial charge in [0.15, 0.2) is 0 Å². The van der Waals surface area contributed by atoms with Gasteiger partial charge in [-0.1, -0.05) is 11.6 Å². The molecule has 4 nitrogen and oxygen atoms in total. The Morgan fingerprint density at radius 1 is 1.25 bits per heavy atom. The number of likely N-dealkylation sites (tertiary alicyclic amines) is 1. The van der Waals surface area contributed by atoms with Crippen LogP contribution in [0.4, 0.5) is 0 Å². The molecule has 2 amide bonds. The number of primary amides is 1. The van der Waals surface area contributed by atoms with Crippen molar-refractivity contribution in [3.63, 3.8) is 0 Å². The second-order valence-corrected chi connectivity index (χ2v) is 6.29. The van der Waals surface area contributed by atoms with Gasteiger partial charge in [0.2, 0.25) is 11.8 Å². The quantitative estimate of drug-likeness (QED) is 0.867. The molecule has 0 saturated carbocycles. The maximum absolute atomic E-state index is 12.1. The molecule has 0 aromatic heterocycles. The van der Waals surface area contributed by atoms with Crippen LogP contribution in [-0.2, 0) is 9.59 Å². The van der Waals surface area contributed by atoms with Gasteiger partial charge in [0.1, 0.15) is 0 Å². The minimum absolute atomic E-state index is 0.0806. The summed E-state index contributed by atoms with van der Waals surface area (Å²) in [6, 6.07) is 7.43. The number of rotatable bonds is 4. The Hall–Kier alpha value is -1.20. The van der Waals surface area contributed by atoms with E-state index in [1.54, 1.807) is 0 Å². The minimum atomic E-state index is -0.257. The van der Waals surface area contributed by atoms with Crippen molar-refractivity contribution in [2.45, 2.75) is 17.7 Å². The summed E-state index contributed by atoms with van der Waals surface area (Å²) in [6.45, 7) is 1.24. The lowest BCUT2D eigenvalue weighted by molar-refractivity contribution is -0.132. The fourth-order valence-electron chi connectivity index (χ4n) is 2.18. The smallest absolute Gasteiger partial charge is 0.232 e. The van der Waals surface area contributed by atoms with Gasteiger partial charge >= 0.3 is 0 Å². The summed E-state index contributed by atoms with van der Waals surface area (Å²) < 4.78 is 0. The van der Waals surface area contributed by atoms with E-state index in [0.29, 0.717) is 36.7 Å². The number of carbonyl (C=O) groups excluding carboxylic acids is 2. The third kappa shape index (κ3) is 4.15. The van der Waals surface area contributed by atoms with Crippen LogP contribution in [0, 0.1) is 5.92 Å². The van der Waals surface area contributed by atoms with Crippen LogP contribution in [-0.4, -0.2) is 35.6 Å². The monoisotopic (exact) mass is 312 g/mol. The molecule has 20 heavy (non-hydrogen) atoms. The van der Waals surface area contributed by atoms with E-state index in [9.17, 15) is 9.59 Å². The Balaban J connectivity index is 1.78. The van der Waals surface area contributed by atoms with Gasteiger partial charge in [0.25, 0.3) is 0 Å². The Kier molecular flexibility index (Phi) is 5.31. The second kappa shape index (κ2) is 6.99. The summed E-state index contributed by atoms with van der Waals surface area (Å²) >= 11 is 7.31. The SMILES string of the molecule is NC(=O)C1CCN(C(=O)CSc2ccc(Cl)cc2)CC1. The molecule has 1 fully saturated rings. The zero-order chi connectivity index (χ0) is 14.5. The van der Waals surface area contributed by atoms with Crippen molar-refractivity contribution < 1.29 is 9.59 Å². The molecule has 6 heteroatoms. The fourth-order valence-corrected chi connectivity index (χ4v) is 3.11. The average Bonchev–Trinajstić information content (AvgIpc) is 2.46. The zero-order valence-electron chi connectivity index (χ0n) is 11.0. The molecule has 0 atom stereocenters. The number of benzene rings is 1. The lowest BCUT2D eigenvalue weighted by Crippen LogP contribution is -2.42. The molecule has 1 aliphatic rings. The predicted octanol–water partition coefficient (Wildman–Crippen LogP) is 2.16. The van der Waals surface area contributed by atoms with Crippen LogP contribution in [0.25, 0.3) is 0 Å². The number of hydrogen-bond donors (Lipinski definition) is 1. The highest BCUT2D eigenvalue weighted by atomic mass is 35.5. The van der Waals surface area contributed by atoms with Crippen LogP contribution in [0.3, 0.4) is 0 Å². The van der Waals surface area contributed by atoms with E-state index in [0.717, 1.165) is 4.90 Å². The van der Waals surface area contributed by atoms with Crippen molar-refractivity contribution in [3.05, 3.63) is 29.3 Å². The molecule has 0 aliphatic carbocycles. The van der Waals surface area contributed by atoms with Gasteiger partial charge in [-0.3, -0.25) is 9.59 Å². The number of thioether (sulfide) groups is 1. The molecule has 1 aromatic rings. The standard InChI is InChI=1S/C14H17ClN2O2S/c15-11-1-3-12(4-2-11)20-9-13(18)17-7-5-10(6-8-17)14(16)19/h1-4,10H,5-9H2,(H2,16,19). The largest absolute Gasteiger partial charge is 0.369 e. The van der Waals surface area contributed by atoms with Crippen molar-refractivity contribution >= 4 is 35.2 Å². The topological polar surface area (TPSA) is 63.4 Å². The van der Waals surface area contributed by atoms with E-state index in [2.05, 4.69) is 0 Å². The van der Waals surface area contributed by atoms with Gasteiger partial charge < -0.3 is 10.6 Å². The van der Waals surface area contributed by atoms with Gasteiger partial charge in [-0.25, -0.2) is 0 Å². The normalized spacial score (nSPS) is 16.1. The Bertz CT molecular complexity index is 484. The van der Waals surface area contributed by atoms with Gasteiger partial charge in [-0.05, 0) is 37.1 Å². The highest BCUT2D eigenvalue weighted by molar-refractivity contribution is 8.00. The molecule has 0 radical (unpaired) electrons. The summed E-state index contributed by atoms with van der Waals surface area (Å²) in [7, 11) is 0. The third-order valence-corrected chi connectivity index (χ3v) is 4.67. The summed E-state index contributed by atoms with van der Waals surface area (Å²) in [6.07, 6.45) is 1.35. The van der Waals surface area contributed by atoms with Gasteiger partial charge in [-0.2, -0.15) is 0 Å². The number of amides is 2. The first-order valence-corrected chi connectivity index (χ1v) is 7.88. The van der Waals surface area contributed by atoms with Gasteiger partial charge in [0, 0.05) is 28.9 Å². The number of nitrogens with two attached hydrogens (primary N) is 1. The van der Waals surface area contributed by atoms with E-state index >= 15 is 0 Å². The molecule has 1 aliphatic heterocycles. The minimum Gasteiger partial charge on any atom is -0.369 e. The highest BCUT2D eigenvalue weighted by Gasteiger charge is 2.25. The summed E-state index contributed by atoms with van der Waals surface area (Å²) in [5.74, 6) is 0.173. The molecule has 108 valence electrons. The van der Waals surface area contributed by atoms with Crippen molar-refractivity contribution in [2.24, 2.45) is 11.7 Å². The first-order chi connectivity index (χ1) is 9.56. The van der Waals surface area contributed by atoms with Gasteiger partial charge in [0.05, 0.1) is 5.75 Å². The number of nitrogens with zero attached hydrogens (tertiary/aromatic N) is 1. The van der Waals surface area contributed by atoms with E-state index in [1.807, 2.05) is 29.2 Å². The lowest BCUT2D eigenvalue weighted by atomic mass is 9.96. The van der Waals surface area contributed by atoms with E-state index in [1.165, 1.54) is 11.8 Å². The molecule has 1 saturated heterocycles. The van der Waals surface area contributed by atoms with Crippen molar-refractivity contribution in [3.8, 4) is 0 Å². The van der Waals surface area contributed by atoms with Crippen LogP contribution < -0.4 is 5.73 Å². The zero-order valence-corrected chi connectivity index (χ0v) is 12.6. The number of hydrogen-bond acceptors (Lipinski definition) is 3. The Morgan fingerprint density at radius 3 is 2.40 bits per heavy atom. The molecular formula is C14H17ClN2O2S. The number of halogens is 1. The second-order valence-electron chi connectivity index (χ2n) is 4.80. The predicted molar refractivity (Wildman–Crippen MR) is 80.7 cm³/mol. The van der Waals surface area contributed by atoms with E-state index in [-0.39, 0.29) is 17.7 Å². The molecule has 0 unspecified atom stereocenters. The fraction of sp³-hybridized carbons (Fsp3) is 0.429. The maximum Gasteiger partial charge on any atom is 0.232 e. The van der Waals surface area contributed by atoms with E-state index < -0.39 is 0 Å². The van der Waals surface area contributed by atoms with Crippen LogP contribution in [0.15, 0.2) is 29.2 Å². The first-order valence-electron chi connectivity index (χ1n) is 6.51. The van der Waals surface area contributed by atoms with Crippen LogP contribution in [0.2, 0.25) is 5.02 Å². The summed E-state index contributed by atoms with van der Waals surface area (Å²) in [4.78, 5) is 26.0. The van der Waals surface area contributed by atoms with Gasteiger partial charge in [-0.15, -0.1) is 11.8 Å². The van der Waals surface area contributed by atoms with Crippen LogP contribution in [0.1, 0.15) is 12.8 Å². The molecule has 0 bridgehead atoms. The molecule has 1 heterocycles. The van der Waals surface area contributed by atoms with Crippen LogP contribution >= 0.6 is 23.4 Å². The highest BCUT2D eigenvalue weighted by Crippen LogP contribution is 2.22.